The second kappa shape index (κ2) is 5.37. The molecule has 0 aliphatic carbocycles. The molecule has 0 aliphatic heterocycles. The molecule has 17 heavy (non-hydrogen) atoms. The van der Waals surface area contributed by atoms with E-state index >= 15 is 0 Å². The summed E-state index contributed by atoms with van der Waals surface area (Å²) >= 11 is 1.67. The number of hydrogen-bond donors (Lipinski definition) is 1. The van der Waals surface area contributed by atoms with Crippen molar-refractivity contribution in [1.29, 1.82) is 0 Å². The molecule has 2 aromatic rings. The minimum absolute atomic E-state index is 0.141. The summed E-state index contributed by atoms with van der Waals surface area (Å²) in [4.78, 5) is 5.55. The lowest BCUT2D eigenvalue weighted by Crippen LogP contribution is -2.25. The van der Waals surface area contributed by atoms with E-state index in [0.29, 0.717) is 0 Å². The fourth-order valence-electron chi connectivity index (χ4n) is 1.77. The highest BCUT2D eigenvalue weighted by Gasteiger charge is 2.20. The van der Waals surface area contributed by atoms with Crippen LogP contribution in [0.2, 0.25) is 0 Å². The number of aryl methyl sites for hydroxylation is 2. The Bertz CT molecular complexity index is 435. The van der Waals surface area contributed by atoms with Crippen LogP contribution in [0.3, 0.4) is 0 Å². The molecule has 92 valence electrons. The fraction of sp³-hybridized carbons (Fsp3) is 0.545. The second-order valence-electron chi connectivity index (χ2n) is 3.97. The third kappa shape index (κ3) is 2.53. The highest BCUT2D eigenvalue weighted by Crippen LogP contribution is 2.26. The number of nitrogens with one attached hydrogen (secondary N) is 1. The average Bonchev–Trinajstić information content (AvgIpc) is 2.90. The maximum absolute atomic E-state index is 4.31. The Hall–Kier alpha value is -1.27. The van der Waals surface area contributed by atoms with Gasteiger partial charge in [-0.3, -0.25) is 4.68 Å². The van der Waals surface area contributed by atoms with E-state index in [2.05, 4.69) is 27.5 Å². The van der Waals surface area contributed by atoms with Gasteiger partial charge in [0, 0.05) is 7.05 Å². The molecule has 0 radical (unpaired) electrons. The predicted octanol–water partition coefficient (Wildman–Crippen LogP) is 1.67. The molecule has 0 saturated heterocycles. The number of hydrogen-bond acceptors (Lipinski definition) is 5. The Balaban J connectivity index is 2.32. The van der Waals surface area contributed by atoms with Crippen molar-refractivity contribution in [1.82, 2.24) is 25.3 Å². The number of thiazole rings is 1. The van der Waals surface area contributed by atoms with Crippen LogP contribution < -0.4 is 5.32 Å². The van der Waals surface area contributed by atoms with Gasteiger partial charge < -0.3 is 5.32 Å². The van der Waals surface area contributed by atoms with E-state index in [1.807, 2.05) is 30.4 Å². The summed E-state index contributed by atoms with van der Waals surface area (Å²) in [6.07, 6.45) is 2.91. The molecule has 0 spiro atoms. The topological polar surface area (TPSA) is 55.6 Å². The van der Waals surface area contributed by atoms with Crippen molar-refractivity contribution in [2.24, 2.45) is 7.05 Å². The Morgan fingerprint density at radius 3 is 2.88 bits per heavy atom. The van der Waals surface area contributed by atoms with E-state index in [4.69, 9.17) is 0 Å². The fourth-order valence-corrected chi connectivity index (χ4v) is 2.66. The van der Waals surface area contributed by atoms with E-state index in [-0.39, 0.29) is 6.04 Å². The van der Waals surface area contributed by atoms with Crippen LogP contribution in [0.5, 0.6) is 0 Å². The minimum Gasteiger partial charge on any atom is -0.304 e. The van der Waals surface area contributed by atoms with Crippen LogP contribution in [-0.4, -0.2) is 26.5 Å². The van der Waals surface area contributed by atoms with Crippen molar-refractivity contribution >= 4 is 11.3 Å². The molecule has 0 aromatic carbocycles. The lowest BCUT2D eigenvalue weighted by atomic mass is 10.1. The first-order chi connectivity index (χ1) is 8.24. The van der Waals surface area contributed by atoms with Crippen molar-refractivity contribution < 1.29 is 0 Å². The summed E-state index contributed by atoms with van der Waals surface area (Å²) in [5, 5.41) is 11.5. The van der Waals surface area contributed by atoms with Gasteiger partial charge >= 0.3 is 0 Å². The molecule has 1 unspecified atom stereocenters. The van der Waals surface area contributed by atoms with E-state index < -0.39 is 0 Å². The first-order valence-corrected chi connectivity index (χ1v) is 6.60. The number of aromatic nitrogens is 4. The van der Waals surface area contributed by atoms with Crippen LogP contribution in [0.1, 0.15) is 35.7 Å². The van der Waals surface area contributed by atoms with Gasteiger partial charge in [-0.1, -0.05) is 12.1 Å². The van der Waals surface area contributed by atoms with Gasteiger partial charge in [0.05, 0.1) is 34.0 Å². The molecular weight excluding hydrogens is 234 g/mol. The Morgan fingerprint density at radius 2 is 2.35 bits per heavy atom. The van der Waals surface area contributed by atoms with Gasteiger partial charge in [0.2, 0.25) is 0 Å². The number of rotatable bonds is 5. The molecule has 2 aromatic heterocycles. The molecule has 2 heterocycles. The highest BCUT2D eigenvalue weighted by atomic mass is 32.1. The van der Waals surface area contributed by atoms with Crippen LogP contribution in [0, 0.1) is 6.92 Å². The van der Waals surface area contributed by atoms with Crippen LogP contribution in [0.25, 0.3) is 0 Å². The van der Waals surface area contributed by atoms with Gasteiger partial charge in [-0.25, -0.2) is 4.98 Å². The monoisotopic (exact) mass is 251 g/mol. The molecular formula is C11H17N5S. The van der Waals surface area contributed by atoms with Crippen LogP contribution in [0.15, 0.2) is 11.7 Å². The Morgan fingerprint density at radius 1 is 1.53 bits per heavy atom. The van der Waals surface area contributed by atoms with Gasteiger partial charge in [0.25, 0.3) is 0 Å². The smallest absolute Gasteiger partial charge is 0.0877 e. The molecule has 1 N–H and O–H groups in total. The zero-order valence-electron chi connectivity index (χ0n) is 10.3. The van der Waals surface area contributed by atoms with Crippen molar-refractivity contribution in [2.75, 3.05) is 6.54 Å². The number of nitrogens with zero attached hydrogens (tertiary/aromatic N) is 4. The normalized spacial score (nSPS) is 12.9. The Labute approximate surface area is 105 Å². The maximum atomic E-state index is 4.31. The summed E-state index contributed by atoms with van der Waals surface area (Å²) in [7, 11) is 1.92. The summed E-state index contributed by atoms with van der Waals surface area (Å²) in [6.45, 7) is 5.16. The molecule has 1 atom stereocenters. The predicted molar refractivity (Wildman–Crippen MR) is 68.0 cm³/mol. The molecule has 0 aliphatic rings. The molecule has 0 bridgehead atoms. The largest absolute Gasteiger partial charge is 0.304 e. The van der Waals surface area contributed by atoms with Crippen molar-refractivity contribution in [2.45, 2.75) is 26.3 Å². The lowest BCUT2D eigenvalue weighted by molar-refractivity contribution is 0.554. The van der Waals surface area contributed by atoms with Gasteiger partial charge in [-0.15, -0.1) is 16.4 Å². The van der Waals surface area contributed by atoms with E-state index in [9.17, 15) is 0 Å². The van der Waals surface area contributed by atoms with Crippen molar-refractivity contribution in [3.05, 3.63) is 28.0 Å². The van der Waals surface area contributed by atoms with Crippen LogP contribution in [0.4, 0.5) is 0 Å². The summed E-state index contributed by atoms with van der Waals surface area (Å²) in [5.74, 6) is 0. The third-order valence-corrected chi connectivity index (χ3v) is 3.68. The van der Waals surface area contributed by atoms with Gasteiger partial charge in [0.15, 0.2) is 0 Å². The standard InChI is InChI=1S/C11H17N5S/c1-4-5-12-10(9-6-14-15-16(9)3)11-8(2)13-7-17-11/h6-7,10,12H,4-5H2,1-3H3. The van der Waals surface area contributed by atoms with E-state index in [0.717, 1.165) is 24.4 Å². The molecule has 6 heteroatoms. The van der Waals surface area contributed by atoms with Crippen molar-refractivity contribution in [3.8, 4) is 0 Å². The SMILES string of the molecule is CCCNC(c1scnc1C)c1cnnn1C. The van der Waals surface area contributed by atoms with Gasteiger partial charge in [0.1, 0.15) is 0 Å². The molecule has 2 rings (SSSR count). The lowest BCUT2D eigenvalue weighted by Gasteiger charge is -2.17. The average molecular weight is 251 g/mol. The van der Waals surface area contributed by atoms with Crippen LogP contribution >= 0.6 is 11.3 Å². The van der Waals surface area contributed by atoms with Crippen molar-refractivity contribution in [3.63, 3.8) is 0 Å². The molecule has 0 amide bonds. The van der Waals surface area contributed by atoms with E-state index in [1.165, 1.54) is 4.88 Å². The zero-order valence-corrected chi connectivity index (χ0v) is 11.2. The molecule has 0 fully saturated rings. The van der Waals surface area contributed by atoms with E-state index in [1.54, 1.807) is 11.3 Å². The third-order valence-electron chi connectivity index (χ3n) is 2.69. The van der Waals surface area contributed by atoms with Crippen LogP contribution in [-0.2, 0) is 7.05 Å². The minimum atomic E-state index is 0.141. The quantitative estimate of drug-likeness (QED) is 0.878. The Kier molecular flexibility index (Phi) is 3.86. The highest BCUT2D eigenvalue weighted by molar-refractivity contribution is 7.09. The van der Waals surface area contributed by atoms with Gasteiger partial charge in [-0.05, 0) is 19.9 Å². The summed E-state index contributed by atoms with van der Waals surface area (Å²) < 4.78 is 1.81. The molecule has 0 saturated carbocycles. The first kappa shape index (κ1) is 12.2. The molecule has 5 nitrogen and oxygen atoms in total. The van der Waals surface area contributed by atoms with Gasteiger partial charge in [-0.2, -0.15) is 0 Å². The zero-order chi connectivity index (χ0) is 12.3. The summed E-state index contributed by atoms with van der Waals surface area (Å²) in [6, 6.07) is 0.141. The second-order valence-corrected chi connectivity index (χ2v) is 4.86. The maximum Gasteiger partial charge on any atom is 0.0877 e. The first-order valence-electron chi connectivity index (χ1n) is 5.72. The summed E-state index contributed by atoms with van der Waals surface area (Å²) in [5.41, 5.74) is 4.03.